The number of nitrogens with one attached hydrogen (secondary N) is 1. The van der Waals surface area contributed by atoms with E-state index in [2.05, 4.69) is 5.32 Å². The van der Waals surface area contributed by atoms with E-state index >= 15 is 8.78 Å². The Balaban J connectivity index is 1.27. The molecule has 2 N–H and O–H groups in total. The van der Waals surface area contributed by atoms with E-state index in [0.29, 0.717) is 30.1 Å². The number of aliphatic hydroxyl groups excluding tert-OH is 1. The third-order valence-electron chi connectivity index (χ3n) is 11.8. The Morgan fingerprint density at radius 2 is 1.95 bits per heavy atom. The Morgan fingerprint density at radius 1 is 1.20 bits per heavy atom. The van der Waals surface area contributed by atoms with Crippen LogP contribution in [0.5, 0.6) is 0 Å². The maximum atomic E-state index is 17.7. The number of fused-ring (bicyclic) bond motifs is 7. The quantitative estimate of drug-likeness (QED) is 0.466. The van der Waals surface area contributed by atoms with E-state index in [1.54, 1.807) is 36.3 Å². The third-order valence-corrected chi connectivity index (χ3v) is 12.1. The Morgan fingerprint density at radius 3 is 2.66 bits per heavy atom. The van der Waals surface area contributed by atoms with Gasteiger partial charge in [0.05, 0.1) is 18.3 Å². The van der Waals surface area contributed by atoms with Crippen LogP contribution in [0.4, 0.5) is 14.5 Å². The number of alkyl halides is 2. The number of Topliss-reactive ketones (excluding diaryl/α,β-unsaturated/α-hetero) is 1. The summed E-state index contributed by atoms with van der Waals surface area (Å²) in [5, 5.41) is 17.0. The number of hydrogen-bond acceptors (Lipinski definition) is 8. The number of allylic oxidation sites excluding steroid dienone is 4. The van der Waals surface area contributed by atoms with Gasteiger partial charge in [0.25, 0.3) is 0 Å². The van der Waals surface area contributed by atoms with Crippen molar-refractivity contribution < 1.29 is 37.8 Å². The van der Waals surface area contributed by atoms with Crippen molar-refractivity contribution in [3.63, 3.8) is 0 Å². The summed E-state index contributed by atoms with van der Waals surface area (Å²) in [7, 11) is 0. The van der Waals surface area contributed by atoms with E-state index in [9.17, 15) is 19.5 Å². The molecule has 7 rings (SSSR count). The van der Waals surface area contributed by atoms with Crippen LogP contribution in [0.25, 0.3) is 0 Å². The molecule has 2 saturated heterocycles. The molecular formula is C33H37ClF2N2O6. The molecule has 6 aliphatic rings. The van der Waals surface area contributed by atoms with E-state index in [-0.39, 0.29) is 25.0 Å². The van der Waals surface area contributed by atoms with Crippen LogP contribution in [0.1, 0.15) is 46.0 Å². The fourth-order valence-corrected chi connectivity index (χ4v) is 9.87. The smallest absolute Gasteiger partial charge is 0.323 e. The number of halogens is 3. The zero-order chi connectivity index (χ0) is 31.2. The van der Waals surface area contributed by atoms with E-state index in [4.69, 9.17) is 21.2 Å². The second-order valence-corrected chi connectivity index (χ2v) is 14.3. The van der Waals surface area contributed by atoms with Crippen LogP contribution >= 0.6 is 11.6 Å². The number of ether oxygens (including phenoxy) is 1. The third kappa shape index (κ3) is 3.93. The summed E-state index contributed by atoms with van der Waals surface area (Å²) in [6.45, 7) is 3.82. The van der Waals surface area contributed by atoms with Gasteiger partial charge >= 0.3 is 5.97 Å². The zero-order valence-electron chi connectivity index (χ0n) is 24.7. The average molecular weight is 631 g/mol. The minimum absolute atomic E-state index is 0.0491. The highest BCUT2D eigenvalue weighted by atomic mass is 35.5. The first-order valence-electron chi connectivity index (χ1n) is 15.5. The molecule has 3 saturated carbocycles. The molecule has 44 heavy (non-hydrogen) atoms. The first kappa shape index (κ1) is 30.0. The molecular weight excluding hydrogens is 594 g/mol. The molecule has 0 unspecified atom stereocenters. The summed E-state index contributed by atoms with van der Waals surface area (Å²) in [4.78, 5) is 46.0. The summed E-state index contributed by atoms with van der Waals surface area (Å²) >= 11 is 6.12. The summed E-state index contributed by atoms with van der Waals surface area (Å²) in [6, 6.07) is 6.49. The molecule has 0 aromatic heterocycles. The Bertz CT molecular complexity index is 1460. The fourth-order valence-electron chi connectivity index (χ4n) is 9.74. The first-order chi connectivity index (χ1) is 20.8. The summed E-state index contributed by atoms with van der Waals surface area (Å²) in [6.07, 6.45) is 2.07. The molecule has 10 atom stereocenters. The fraction of sp³-hybridized carbons (Fsp3) is 0.606. The molecule has 5 fully saturated rings. The van der Waals surface area contributed by atoms with Crippen LogP contribution in [0.2, 0.25) is 5.02 Å². The molecule has 236 valence electrons. The predicted molar refractivity (Wildman–Crippen MR) is 157 cm³/mol. The number of nitrogens with zero attached hydrogens (tertiary/aromatic N) is 1. The van der Waals surface area contributed by atoms with Gasteiger partial charge in [-0.15, -0.1) is 0 Å². The monoisotopic (exact) mass is 630 g/mol. The van der Waals surface area contributed by atoms with E-state index in [1.807, 2.05) is 6.92 Å². The van der Waals surface area contributed by atoms with Crippen LogP contribution in [0, 0.1) is 28.6 Å². The SMILES string of the molecule is C[C@]12C=CC(=O)C=C1[C@@H](F)C[C@H]1[C@@H]3C[C@H]4CN(c5ccc(Cl)cc5)O[C@@]4(C(=O)COC(=O)[C@@H]4CCCN4)[C@@]3(C)C[C@H](O)[C@@]12F. The minimum Gasteiger partial charge on any atom is -0.456 e. The van der Waals surface area contributed by atoms with Crippen molar-refractivity contribution in [3.05, 3.63) is 53.1 Å². The number of benzene rings is 1. The molecule has 1 aromatic carbocycles. The van der Waals surface area contributed by atoms with Crippen molar-refractivity contribution in [1.29, 1.82) is 0 Å². The summed E-state index contributed by atoms with van der Waals surface area (Å²) < 4.78 is 39.2. The van der Waals surface area contributed by atoms with Gasteiger partial charge in [0, 0.05) is 27.7 Å². The number of anilines is 1. The predicted octanol–water partition coefficient (Wildman–Crippen LogP) is 4.24. The number of ketones is 2. The van der Waals surface area contributed by atoms with E-state index in [1.165, 1.54) is 12.2 Å². The van der Waals surface area contributed by atoms with Gasteiger partial charge in [-0.05, 0) is 93.5 Å². The van der Waals surface area contributed by atoms with Crippen molar-refractivity contribution in [2.75, 3.05) is 24.8 Å². The van der Waals surface area contributed by atoms with Crippen molar-refractivity contribution in [1.82, 2.24) is 5.32 Å². The highest BCUT2D eigenvalue weighted by Crippen LogP contribution is 2.72. The molecule has 0 amide bonds. The number of hydroxylamine groups is 1. The van der Waals surface area contributed by atoms with E-state index < -0.39 is 82.3 Å². The number of aliphatic hydroxyl groups is 1. The average Bonchev–Trinajstić information content (AvgIpc) is 3.71. The van der Waals surface area contributed by atoms with Gasteiger partial charge in [0.2, 0.25) is 5.78 Å². The highest BCUT2D eigenvalue weighted by Gasteiger charge is 2.79. The molecule has 8 nitrogen and oxygen atoms in total. The molecule has 0 spiro atoms. The Kier molecular flexibility index (Phi) is 6.94. The molecule has 0 radical (unpaired) electrons. The minimum atomic E-state index is -2.28. The van der Waals surface area contributed by atoms with Crippen LogP contribution < -0.4 is 10.4 Å². The molecule has 2 heterocycles. The van der Waals surface area contributed by atoms with Gasteiger partial charge in [-0.2, -0.15) is 0 Å². The standard InChI is InChI=1S/C33H37ClF2N2O6/c1-30-10-9-21(39)13-24(30)25(35)14-23-22-12-18-16-38(20-7-5-19(34)6-8-20)44-33(18,31(22,2)15-27(40)32(23,30)36)28(41)17-43-29(42)26-4-3-11-37-26/h5-10,13,18,22-23,25-27,37,40H,3-4,11-12,14-17H2,1-2H3/t18-,22-,23-,25-,26-,27-,30-,31-,32-,33-/m0/s1. The van der Waals surface area contributed by atoms with Crippen LogP contribution in [0.15, 0.2) is 48.1 Å². The van der Waals surface area contributed by atoms with Gasteiger partial charge in [-0.3, -0.25) is 24.3 Å². The molecule has 0 bridgehead atoms. The van der Waals surface area contributed by atoms with Crippen LogP contribution in [-0.4, -0.2) is 71.9 Å². The second kappa shape index (κ2) is 10.2. The number of rotatable bonds is 5. The lowest BCUT2D eigenvalue weighted by atomic mass is 9.44. The van der Waals surface area contributed by atoms with Gasteiger partial charge in [-0.25, -0.2) is 8.78 Å². The summed E-state index contributed by atoms with van der Waals surface area (Å²) in [5.74, 6) is -3.33. The van der Waals surface area contributed by atoms with Gasteiger partial charge < -0.3 is 15.2 Å². The zero-order valence-corrected chi connectivity index (χ0v) is 25.5. The van der Waals surface area contributed by atoms with Gasteiger partial charge in [-0.1, -0.05) is 24.6 Å². The van der Waals surface area contributed by atoms with Crippen LogP contribution in [0.3, 0.4) is 0 Å². The molecule has 2 aliphatic heterocycles. The van der Waals surface area contributed by atoms with Gasteiger partial charge in [0.15, 0.2) is 23.7 Å². The first-order valence-corrected chi connectivity index (χ1v) is 15.8. The molecule has 11 heteroatoms. The lowest BCUT2D eigenvalue weighted by Gasteiger charge is -2.63. The topological polar surface area (TPSA) is 105 Å². The highest BCUT2D eigenvalue weighted by molar-refractivity contribution is 6.30. The van der Waals surface area contributed by atoms with Crippen LogP contribution in [-0.2, 0) is 24.0 Å². The number of esters is 1. The maximum Gasteiger partial charge on any atom is 0.323 e. The van der Waals surface area contributed by atoms with Gasteiger partial charge in [0.1, 0.15) is 12.2 Å². The number of carbonyl (C=O) groups is 3. The second-order valence-electron chi connectivity index (χ2n) is 13.8. The van der Waals surface area contributed by atoms with Crippen molar-refractivity contribution in [2.45, 2.75) is 75.5 Å². The Labute approximate surface area is 259 Å². The van der Waals surface area contributed by atoms with Crippen molar-refractivity contribution in [3.8, 4) is 0 Å². The van der Waals surface area contributed by atoms with Crippen molar-refractivity contribution in [2.24, 2.45) is 28.6 Å². The molecule has 1 aromatic rings. The lowest BCUT2D eigenvalue weighted by Crippen LogP contribution is -2.70. The maximum absolute atomic E-state index is 17.7. The number of hydrogen-bond donors (Lipinski definition) is 2. The van der Waals surface area contributed by atoms with E-state index in [0.717, 1.165) is 12.5 Å². The normalized spacial score (nSPS) is 44.0. The number of carbonyl (C=O) groups excluding carboxylic acids is 3. The molecule has 4 aliphatic carbocycles. The largest absolute Gasteiger partial charge is 0.456 e. The Hall–Kier alpha value is -2.66. The lowest BCUT2D eigenvalue weighted by molar-refractivity contribution is -0.228. The van der Waals surface area contributed by atoms with Crippen molar-refractivity contribution >= 4 is 34.8 Å². The summed E-state index contributed by atoms with van der Waals surface area (Å²) in [5.41, 5.74) is -5.78.